The molecule has 2 N–H and O–H groups in total. The number of esters is 1. The van der Waals surface area contributed by atoms with Gasteiger partial charge in [0.2, 0.25) is 0 Å². The molecule has 1 amide bonds. The molecular weight excluding hydrogens is 440 g/mol. The summed E-state index contributed by atoms with van der Waals surface area (Å²) in [6.07, 6.45) is 0. The quantitative estimate of drug-likeness (QED) is 0.275. The largest absolute Gasteiger partial charge is 0.490 e. The lowest BCUT2D eigenvalue weighted by Gasteiger charge is -2.13. The summed E-state index contributed by atoms with van der Waals surface area (Å²) in [6, 6.07) is 22.9. The standard InChI is InChI=1S/C25H24N2O5S/c1-2-30-24(29)18-12-14-19(15-13-18)26-25(33)27-23(28)21-10-6-7-11-22(21)32-17-16-31-20-8-4-3-5-9-20/h3-15H,2,16-17H2,1H3,(H2,26,27,28,33). The fraction of sp³-hybridized carbons (Fsp3) is 0.160. The number of ether oxygens (including phenoxy) is 3. The van der Waals surface area contributed by atoms with Gasteiger partial charge in [-0.15, -0.1) is 0 Å². The predicted molar refractivity (Wildman–Crippen MR) is 130 cm³/mol. The molecule has 0 saturated heterocycles. The van der Waals surface area contributed by atoms with Crippen LogP contribution in [0.1, 0.15) is 27.6 Å². The molecule has 0 spiro atoms. The van der Waals surface area contributed by atoms with E-state index >= 15 is 0 Å². The van der Waals surface area contributed by atoms with Crippen LogP contribution in [0.5, 0.6) is 11.5 Å². The molecule has 0 unspecified atom stereocenters. The summed E-state index contributed by atoms with van der Waals surface area (Å²) in [5.41, 5.74) is 1.40. The van der Waals surface area contributed by atoms with E-state index in [4.69, 9.17) is 26.4 Å². The molecular formula is C25H24N2O5S. The summed E-state index contributed by atoms with van der Waals surface area (Å²) in [7, 11) is 0. The van der Waals surface area contributed by atoms with E-state index in [0.29, 0.717) is 35.8 Å². The molecule has 0 radical (unpaired) electrons. The molecule has 7 nitrogen and oxygen atoms in total. The van der Waals surface area contributed by atoms with Crippen molar-refractivity contribution in [3.05, 3.63) is 90.0 Å². The summed E-state index contributed by atoms with van der Waals surface area (Å²) < 4.78 is 16.3. The monoisotopic (exact) mass is 464 g/mol. The van der Waals surface area contributed by atoms with E-state index < -0.39 is 11.9 Å². The zero-order valence-corrected chi connectivity index (χ0v) is 18.9. The van der Waals surface area contributed by atoms with Gasteiger partial charge in [0, 0.05) is 5.69 Å². The van der Waals surface area contributed by atoms with Crippen LogP contribution in [0.25, 0.3) is 0 Å². The number of carbonyl (C=O) groups excluding carboxylic acids is 2. The van der Waals surface area contributed by atoms with Gasteiger partial charge < -0.3 is 19.5 Å². The smallest absolute Gasteiger partial charge is 0.338 e. The fourth-order valence-corrected chi connectivity index (χ4v) is 3.06. The summed E-state index contributed by atoms with van der Waals surface area (Å²) in [5, 5.41) is 5.67. The van der Waals surface area contributed by atoms with Gasteiger partial charge in [-0.25, -0.2) is 4.79 Å². The van der Waals surface area contributed by atoms with Crippen molar-refractivity contribution in [3.63, 3.8) is 0 Å². The van der Waals surface area contributed by atoms with Crippen LogP contribution >= 0.6 is 12.2 Å². The minimum atomic E-state index is -0.407. The summed E-state index contributed by atoms with van der Waals surface area (Å²) in [6.45, 7) is 2.66. The topological polar surface area (TPSA) is 85.9 Å². The van der Waals surface area contributed by atoms with Crippen LogP contribution < -0.4 is 20.1 Å². The molecule has 0 saturated carbocycles. The summed E-state index contributed by atoms with van der Waals surface area (Å²) in [5.74, 6) is 0.369. The normalized spacial score (nSPS) is 10.1. The number of para-hydroxylation sites is 2. The minimum Gasteiger partial charge on any atom is -0.490 e. The first-order valence-corrected chi connectivity index (χ1v) is 10.8. The summed E-state index contributed by atoms with van der Waals surface area (Å²) >= 11 is 5.25. The average molecular weight is 465 g/mol. The Bertz CT molecular complexity index is 1090. The fourth-order valence-electron chi connectivity index (χ4n) is 2.84. The predicted octanol–water partition coefficient (Wildman–Crippen LogP) is 4.45. The highest BCUT2D eigenvalue weighted by Crippen LogP contribution is 2.18. The molecule has 0 atom stereocenters. The van der Waals surface area contributed by atoms with Crippen LogP contribution in [0, 0.1) is 0 Å². The highest BCUT2D eigenvalue weighted by atomic mass is 32.1. The van der Waals surface area contributed by atoms with Gasteiger partial charge in [0.1, 0.15) is 24.7 Å². The Hall–Kier alpha value is -3.91. The van der Waals surface area contributed by atoms with E-state index in [-0.39, 0.29) is 11.7 Å². The van der Waals surface area contributed by atoms with Crippen molar-refractivity contribution in [2.45, 2.75) is 6.92 Å². The number of amides is 1. The SMILES string of the molecule is CCOC(=O)c1ccc(NC(=S)NC(=O)c2ccccc2OCCOc2ccccc2)cc1. The van der Waals surface area contributed by atoms with Crippen molar-refractivity contribution < 1.29 is 23.8 Å². The lowest BCUT2D eigenvalue weighted by Crippen LogP contribution is -2.34. The Morgan fingerprint density at radius 3 is 2.24 bits per heavy atom. The molecule has 0 bridgehead atoms. The molecule has 0 aromatic heterocycles. The van der Waals surface area contributed by atoms with Crippen LogP contribution in [0.2, 0.25) is 0 Å². The minimum absolute atomic E-state index is 0.117. The molecule has 0 aliphatic heterocycles. The third-order valence-corrected chi connectivity index (χ3v) is 4.57. The second kappa shape index (κ2) is 12.2. The highest BCUT2D eigenvalue weighted by Gasteiger charge is 2.14. The van der Waals surface area contributed by atoms with Gasteiger partial charge in [-0.3, -0.25) is 10.1 Å². The van der Waals surface area contributed by atoms with E-state index in [0.717, 1.165) is 5.75 Å². The molecule has 8 heteroatoms. The number of carbonyl (C=O) groups is 2. The number of anilines is 1. The maximum absolute atomic E-state index is 12.7. The van der Waals surface area contributed by atoms with E-state index in [1.807, 2.05) is 30.3 Å². The first kappa shape index (κ1) is 23.7. The van der Waals surface area contributed by atoms with Crippen LogP contribution in [-0.4, -0.2) is 36.8 Å². The molecule has 3 rings (SSSR count). The number of rotatable bonds is 9. The molecule has 0 heterocycles. The number of hydrogen-bond acceptors (Lipinski definition) is 6. The molecule has 0 fully saturated rings. The van der Waals surface area contributed by atoms with Crippen molar-refractivity contribution in [3.8, 4) is 11.5 Å². The van der Waals surface area contributed by atoms with E-state index in [1.54, 1.807) is 55.5 Å². The summed E-state index contributed by atoms with van der Waals surface area (Å²) in [4.78, 5) is 24.5. The van der Waals surface area contributed by atoms with Gasteiger partial charge in [0.25, 0.3) is 5.91 Å². The van der Waals surface area contributed by atoms with E-state index in [2.05, 4.69) is 10.6 Å². The van der Waals surface area contributed by atoms with E-state index in [9.17, 15) is 9.59 Å². The zero-order chi connectivity index (χ0) is 23.5. The molecule has 3 aromatic rings. The van der Waals surface area contributed by atoms with Crippen molar-refractivity contribution in [2.24, 2.45) is 0 Å². The Kier molecular flexibility index (Phi) is 8.79. The molecule has 0 aliphatic carbocycles. The Labute approximate surface area is 197 Å². The van der Waals surface area contributed by atoms with Crippen molar-refractivity contribution in [1.29, 1.82) is 0 Å². The van der Waals surface area contributed by atoms with Gasteiger partial charge in [-0.05, 0) is 67.7 Å². The van der Waals surface area contributed by atoms with Gasteiger partial charge in [0.15, 0.2) is 5.11 Å². The third kappa shape index (κ3) is 7.33. The van der Waals surface area contributed by atoms with Gasteiger partial charge in [-0.1, -0.05) is 30.3 Å². The van der Waals surface area contributed by atoms with Gasteiger partial charge >= 0.3 is 5.97 Å². The Morgan fingerprint density at radius 1 is 0.848 bits per heavy atom. The van der Waals surface area contributed by atoms with Gasteiger partial charge in [0.05, 0.1) is 17.7 Å². The Balaban J connectivity index is 1.52. The molecule has 3 aromatic carbocycles. The van der Waals surface area contributed by atoms with Crippen molar-refractivity contribution >= 4 is 34.9 Å². The van der Waals surface area contributed by atoms with Gasteiger partial charge in [-0.2, -0.15) is 0 Å². The third-order valence-electron chi connectivity index (χ3n) is 4.37. The van der Waals surface area contributed by atoms with E-state index in [1.165, 1.54) is 0 Å². The number of nitrogens with one attached hydrogen (secondary N) is 2. The average Bonchev–Trinajstić information content (AvgIpc) is 2.83. The zero-order valence-electron chi connectivity index (χ0n) is 18.1. The second-order valence-electron chi connectivity index (χ2n) is 6.71. The number of hydrogen-bond donors (Lipinski definition) is 2. The number of thiocarbonyl (C=S) groups is 1. The van der Waals surface area contributed by atoms with Crippen LogP contribution in [-0.2, 0) is 4.74 Å². The lowest BCUT2D eigenvalue weighted by molar-refractivity contribution is 0.0526. The lowest BCUT2D eigenvalue weighted by atomic mass is 10.2. The first-order valence-electron chi connectivity index (χ1n) is 10.4. The second-order valence-corrected chi connectivity index (χ2v) is 7.12. The molecule has 0 aliphatic rings. The first-order chi connectivity index (χ1) is 16.1. The highest BCUT2D eigenvalue weighted by molar-refractivity contribution is 7.80. The van der Waals surface area contributed by atoms with Crippen molar-refractivity contribution in [2.75, 3.05) is 25.1 Å². The van der Waals surface area contributed by atoms with Crippen LogP contribution in [0.15, 0.2) is 78.9 Å². The van der Waals surface area contributed by atoms with Crippen LogP contribution in [0.4, 0.5) is 5.69 Å². The van der Waals surface area contributed by atoms with Crippen LogP contribution in [0.3, 0.4) is 0 Å². The maximum Gasteiger partial charge on any atom is 0.338 e. The molecule has 33 heavy (non-hydrogen) atoms. The van der Waals surface area contributed by atoms with Crippen molar-refractivity contribution in [1.82, 2.24) is 5.32 Å². The number of benzene rings is 3. The maximum atomic E-state index is 12.7. The Morgan fingerprint density at radius 2 is 1.52 bits per heavy atom. The molecule has 170 valence electrons.